The Kier molecular flexibility index (Phi) is 5.83. The van der Waals surface area contributed by atoms with Crippen LogP contribution in [0.3, 0.4) is 0 Å². The van der Waals surface area contributed by atoms with Gasteiger partial charge in [0.05, 0.1) is 0 Å². The van der Waals surface area contributed by atoms with Crippen LogP contribution >= 0.6 is 0 Å². The Morgan fingerprint density at radius 3 is 2.50 bits per heavy atom. The van der Waals surface area contributed by atoms with Crippen molar-refractivity contribution in [2.75, 3.05) is 11.9 Å². The molecule has 3 heteroatoms. The molecule has 16 heavy (non-hydrogen) atoms. The van der Waals surface area contributed by atoms with Gasteiger partial charge in [-0.3, -0.25) is 0 Å². The average molecular weight is 221 g/mol. The second-order valence-electron chi connectivity index (χ2n) is 4.03. The van der Waals surface area contributed by atoms with Gasteiger partial charge in [-0.05, 0) is 26.2 Å². The van der Waals surface area contributed by atoms with Gasteiger partial charge in [0, 0.05) is 17.8 Å². The van der Waals surface area contributed by atoms with Gasteiger partial charge in [0.25, 0.3) is 0 Å². The number of unbranched alkanes of at least 4 members (excludes halogenated alkanes) is 1. The number of hydrogen-bond donors (Lipinski definition) is 1. The molecule has 0 aliphatic heterocycles. The van der Waals surface area contributed by atoms with Crippen molar-refractivity contribution in [2.24, 2.45) is 0 Å². The minimum absolute atomic E-state index is 0.918. The molecule has 0 spiro atoms. The topological polar surface area (TPSA) is 37.8 Å². The molecule has 0 amide bonds. The third-order valence-corrected chi connectivity index (χ3v) is 2.65. The predicted molar refractivity (Wildman–Crippen MR) is 68.8 cm³/mol. The van der Waals surface area contributed by atoms with Crippen LogP contribution < -0.4 is 5.32 Å². The molecule has 3 nitrogen and oxygen atoms in total. The van der Waals surface area contributed by atoms with Crippen molar-refractivity contribution in [1.82, 2.24) is 9.97 Å². The molecule has 0 fully saturated rings. The first-order valence-corrected chi connectivity index (χ1v) is 6.40. The van der Waals surface area contributed by atoms with E-state index in [1.54, 1.807) is 6.33 Å². The SMILES string of the molecule is CCCCc1ncnc(NCC)c1CCC. The lowest BCUT2D eigenvalue weighted by molar-refractivity contribution is 0.753. The van der Waals surface area contributed by atoms with E-state index >= 15 is 0 Å². The first-order valence-electron chi connectivity index (χ1n) is 6.40. The van der Waals surface area contributed by atoms with Gasteiger partial charge < -0.3 is 5.32 Å². The quantitative estimate of drug-likeness (QED) is 0.768. The molecule has 1 heterocycles. The minimum atomic E-state index is 0.918. The molecular weight excluding hydrogens is 198 g/mol. The lowest BCUT2D eigenvalue weighted by atomic mass is 10.0. The third-order valence-electron chi connectivity index (χ3n) is 2.65. The van der Waals surface area contributed by atoms with Gasteiger partial charge in [-0.15, -0.1) is 0 Å². The highest BCUT2D eigenvalue weighted by molar-refractivity contribution is 5.46. The van der Waals surface area contributed by atoms with E-state index in [1.165, 1.54) is 24.1 Å². The fourth-order valence-electron chi connectivity index (χ4n) is 1.84. The van der Waals surface area contributed by atoms with Crippen LogP contribution in [0.2, 0.25) is 0 Å². The number of rotatable bonds is 7. The summed E-state index contributed by atoms with van der Waals surface area (Å²) >= 11 is 0. The van der Waals surface area contributed by atoms with E-state index in [4.69, 9.17) is 0 Å². The average Bonchev–Trinajstić information content (AvgIpc) is 2.30. The van der Waals surface area contributed by atoms with E-state index in [1.807, 2.05) is 0 Å². The molecule has 0 unspecified atom stereocenters. The Bertz CT molecular complexity index is 310. The van der Waals surface area contributed by atoms with E-state index < -0.39 is 0 Å². The highest BCUT2D eigenvalue weighted by Gasteiger charge is 2.09. The monoisotopic (exact) mass is 221 g/mol. The summed E-state index contributed by atoms with van der Waals surface area (Å²) in [6.07, 6.45) is 7.40. The smallest absolute Gasteiger partial charge is 0.132 e. The van der Waals surface area contributed by atoms with E-state index in [2.05, 4.69) is 36.1 Å². The molecule has 90 valence electrons. The Morgan fingerprint density at radius 2 is 1.88 bits per heavy atom. The molecule has 0 saturated carbocycles. The van der Waals surface area contributed by atoms with Crippen molar-refractivity contribution < 1.29 is 0 Å². The molecule has 0 atom stereocenters. The zero-order valence-electron chi connectivity index (χ0n) is 10.7. The third kappa shape index (κ3) is 3.47. The Morgan fingerprint density at radius 1 is 1.06 bits per heavy atom. The maximum Gasteiger partial charge on any atom is 0.132 e. The number of aryl methyl sites for hydroxylation is 1. The van der Waals surface area contributed by atoms with Crippen LogP contribution in [-0.4, -0.2) is 16.5 Å². The summed E-state index contributed by atoms with van der Waals surface area (Å²) in [7, 11) is 0. The largest absolute Gasteiger partial charge is 0.370 e. The summed E-state index contributed by atoms with van der Waals surface area (Å²) < 4.78 is 0. The zero-order chi connectivity index (χ0) is 11.8. The van der Waals surface area contributed by atoms with E-state index in [0.717, 1.165) is 31.6 Å². The number of hydrogen-bond acceptors (Lipinski definition) is 3. The van der Waals surface area contributed by atoms with Crippen LogP contribution in [0.15, 0.2) is 6.33 Å². The summed E-state index contributed by atoms with van der Waals surface area (Å²) in [6, 6.07) is 0. The molecule has 1 rings (SSSR count). The Balaban J connectivity index is 2.90. The Hall–Kier alpha value is -1.12. The van der Waals surface area contributed by atoms with E-state index in [9.17, 15) is 0 Å². The van der Waals surface area contributed by atoms with Crippen molar-refractivity contribution in [3.05, 3.63) is 17.6 Å². The van der Waals surface area contributed by atoms with Crippen LogP contribution in [-0.2, 0) is 12.8 Å². The Labute approximate surface area is 98.7 Å². The van der Waals surface area contributed by atoms with Crippen molar-refractivity contribution >= 4 is 5.82 Å². The lowest BCUT2D eigenvalue weighted by Gasteiger charge is -2.12. The molecule has 0 saturated heterocycles. The summed E-state index contributed by atoms with van der Waals surface area (Å²) in [6.45, 7) is 7.43. The molecule has 1 aromatic heterocycles. The number of nitrogens with zero attached hydrogens (tertiary/aromatic N) is 2. The second kappa shape index (κ2) is 7.20. The van der Waals surface area contributed by atoms with Crippen molar-refractivity contribution in [1.29, 1.82) is 0 Å². The minimum Gasteiger partial charge on any atom is -0.370 e. The first kappa shape index (κ1) is 12.9. The van der Waals surface area contributed by atoms with Crippen LogP contribution in [0.4, 0.5) is 5.82 Å². The highest BCUT2D eigenvalue weighted by Crippen LogP contribution is 2.18. The predicted octanol–water partition coefficient (Wildman–Crippen LogP) is 3.20. The van der Waals surface area contributed by atoms with E-state index in [0.29, 0.717) is 0 Å². The fourth-order valence-corrected chi connectivity index (χ4v) is 1.84. The standard InChI is InChI=1S/C13H23N3/c1-4-7-9-12-11(8-5-2)13(14-6-3)16-10-15-12/h10H,4-9H2,1-3H3,(H,14,15,16). The molecule has 0 aromatic carbocycles. The number of anilines is 1. The molecule has 0 radical (unpaired) electrons. The normalized spacial score (nSPS) is 10.4. The lowest BCUT2D eigenvalue weighted by Crippen LogP contribution is -2.08. The van der Waals surface area contributed by atoms with Crippen molar-refractivity contribution in [3.8, 4) is 0 Å². The maximum absolute atomic E-state index is 4.43. The summed E-state index contributed by atoms with van der Waals surface area (Å²) in [5, 5.41) is 3.33. The van der Waals surface area contributed by atoms with Gasteiger partial charge in [-0.2, -0.15) is 0 Å². The molecule has 0 bridgehead atoms. The molecule has 1 aromatic rings. The van der Waals surface area contributed by atoms with Crippen LogP contribution in [0, 0.1) is 0 Å². The zero-order valence-corrected chi connectivity index (χ0v) is 10.7. The van der Waals surface area contributed by atoms with Gasteiger partial charge in [0.15, 0.2) is 0 Å². The number of nitrogens with one attached hydrogen (secondary N) is 1. The van der Waals surface area contributed by atoms with Crippen LogP contribution in [0.5, 0.6) is 0 Å². The highest BCUT2D eigenvalue weighted by atomic mass is 15.0. The summed E-state index contributed by atoms with van der Waals surface area (Å²) in [4.78, 5) is 8.76. The van der Waals surface area contributed by atoms with Crippen molar-refractivity contribution in [3.63, 3.8) is 0 Å². The van der Waals surface area contributed by atoms with Crippen LogP contribution in [0.25, 0.3) is 0 Å². The summed E-state index contributed by atoms with van der Waals surface area (Å²) in [5.74, 6) is 1.03. The van der Waals surface area contributed by atoms with Gasteiger partial charge >= 0.3 is 0 Å². The first-order chi connectivity index (χ1) is 7.83. The van der Waals surface area contributed by atoms with Gasteiger partial charge in [-0.1, -0.05) is 26.7 Å². The van der Waals surface area contributed by atoms with E-state index in [-0.39, 0.29) is 0 Å². The number of aromatic nitrogens is 2. The van der Waals surface area contributed by atoms with Gasteiger partial charge in [0.2, 0.25) is 0 Å². The molecular formula is C13H23N3. The molecule has 0 aliphatic carbocycles. The second-order valence-corrected chi connectivity index (χ2v) is 4.03. The molecule has 1 N–H and O–H groups in total. The summed E-state index contributed by atoms with van der Waals surface area (Å²) in [5.41, 5.74) is 2.55. The maximum atomic E-state index is 4.43. The fraction of sp³-hybridized carbons (Fsp3) is 0.692. The van der Waals surface area contributed by atoms with Crippen molar-refractivity contribution in [2.45, 2.75) is 52.9 Å². The van der Waals surface area contributed by atoms with Crippen LogP contribution in [0.1, 0.15) is 51.3 Å². The van der Waals surface area contributed by atoms with Gasteiger partial charge in [-0.25, -0.2) is 9.97 Å². The van der Waals surface area contributed by atoms with Gasteiger partial charge in [0.1, 0.15) is 12.1 Å². The molecule has 0 aliphatic rings.